The van der Waals surface area contributed by atoms with Crippen LogP contribution in [-0.4, -0.2) is 16.5 Å². The summed E-state index contributed by atoms with van der Waals surface area (Å²) in [5.74, 6) is -0.348. The Morgan fingerprint density at radius 3 is 2.29 bits per heavy atom. The van der Waals surface area contributed by atoms with E-state index in [0.29, 0.717) is 16.8 Å². The summed E-state index contributed by atoms with van der Waals surface area (Å²) < 4.78 is 40.0. The number of aliphatic hydroxyl groups excluding tert-OH is 1. The van der Waals surface area contributed by atoms with E-state index in [4.69, 9.17) is 23.2 Å². The lowest BCUT2D eigenvalue weighted by atomic mass is 10.1. The number of pyridine rings is 1. The minimum Gasteiger partial charge on any atom is -0.406 e. The number of ether oxygens (including phenoxy) is 1. The molecule has 0 saturated heterocycles. The van der Waals surface area contributed by atoms with Crippen LogP contribution >= 0.6 is 23.2 Å². The summed E-state index contributed by atoms with van der Waals surface area (Å²) in [6, 6.07) is 5.05. The van der Waals surface area contributed by atoms with Crippen LogP contribution < -0.4 is 4.74 Å². The molecule has 112 valence electrons. The summed E-state index contributed by atoms with van der Waals surface area (Å²) in [5, 5.41) is 9.56. The summed E-state index contributed by atoms with van der Waals surface area (Å²) in [7, 11) is 0. The highest BCUT2D eigenvalue weighted by Gasteiger charge is 2.31. The van der Waals surface area contributed by atoms with E-state index in [1.807, 2.05) is 0 Å². The van der Waals surface area contributed by atoms with Gasteiger partial charge in [0.2, 0.25) is 0 Å². The lowest BCUT2D eigenvalue weighted by molar-refractivity contribution is -0.274. The number of halogens is 5. The fourth-order valence-electron chi connectivity index (χ4n) is 1.66. The van der Waals surface area contributed by atoms with Gasteiger partial charge in [0.15, 0.2) is 0 Å². The maximum atomic E-state index is 12.1. The maximum Gasteiger partial charge on any atom is 0.573 e. The van der Waals surface area contributed by atoms with Crippen LogP contribution in [0, 0.1) is 0 Å². The van der Waals surface area contributed by atoms with E-state index in [9.17, 15) is 18.3 Å². The van der Waals surface area contributed by atoms with Crippen molar-refractivity contribution in [3.63, 3.8) is 0 Å². The van der Waals surface area contributed by atoms with Crippen molar-refractivity contribution in [2.24, 2.45) is 0 Å². The lowest BCUT2D eigenvalue weighted by Gasteiger charge is -2.11. The van der Waals surface area contributed by atoms with Crippen molar-refractivity contribution < 1.29 is 23.0 Å². The highest BCUT2D eigenvalue weighted by Crippen LogP contribution is 2.34. The highest BCUT2D eigenvalue weighted by molar-refractivity contribution is 6.37. The summed E-state index contributed by atoms with van der Waals surface area (Å²) in [6.45, 7) is -0.373. The average molecular weight is 338 g/mol. The second-order valence-corrected chi connectivity index (χ2v) is 4.76. The van der Waals surface area contributed by atoms with E-state index in [0.717, 1.165) is 12.1 Å². The largest absolute Gasteiger partial charge is 0.573 e. The average Bonchev–Trinajstić information content (AvgIpc) is 2.39. The van der Waals surface area contributed by atoms with E-state index in [1.54, 1.807) is 0 Å². The van der Waals surface area contributed by atoms with Crippen LogP contribution in [0.1, 0.15) is 5.56 Å². The van der Waals surface area contributed by atoms with Crippen LogP contribution in [0.25, 0.3) is 11.3 Å². The minimum atomic E-state index is -4.75. The summed E-state index contributed by atoms with van der Waals surface area (Å²) in [4.78, 5) is 4.02. The molecule has 21 heavy (non-hydrogen) atoms. The number of aromatic nitrogens is 1. The van der Waals surface area contributed by atoms with Crippen LogP contribution in [0.5, 0.6) is 5.75 Å². The Balaban J connectivity index is 2.35. The minimum absolute atomic E-state index is 0.148. The second-order valence-electron chi connectivity index (χ2n) is 3.98. The molecular formula is C13H8Cl2F3NO2. The number of hydrogen-bond acceptors (Lipinski definition) is 3. The zero-order valence-corrected chi connectivity index (χ0v) is 11.8. The van der Waals surface area contributed by atoms with Crippen molar-refractivity contribution in [2.75, 3.05) is 0 Å². The molecule has 0 aliphatic rings. The van der Waals surface area contributed by atoms with E-state index in [-0.39, 0.29) is 22.4 Å². The van der Waals surface area contributed by atoms with Gasteiger partial charge in [-0.05, 0) is 24.3 Å². The molecule has 1 N–H and O–H groups in total. The van der Waals surface area contributed by atoms with Crippen LogP contribution in [0.15, 0.2) is 30.5 Å². The fraction of sp³-hybridized carbons (Fsp3) is 0.154. The molecule has 0 saturated carbocycles. The number of aliphatic hydroxyl groups is 1. The van der Waals surface area contributed by atoms with Gasteiger partial charge in [0, 0.05) is 17.3 Å². The quantitative estimate of drug-likeness (QED) is 0.899. The summed E-state index contributed by atoms with van der Waals surface area (Å²) in [6.07, 6.45) is -3.43. The van der Waals surface area contributed by atoms with Gasteiger partial charge in [0.1, 0.15) is 5.75 Å². The van der Waals surface area contributed by atoms with Gasteiger partial charge in [-0.15, -0.1) is 13.2 Å². The van der Waals surface area contributed by atoms with Gasteiger partial charge >= 0.3 is 6.36 Å². The second kappa shape index (κ2) is 6.09. The zero-order valence-electron chi connectivity index (χ0n) is 10.3. The molecule has 3 nitrogen and oxygen atoms in total. The predicted molar refractivity (Wildman–Crippen MR) is 72.3 cm³/mol. The number of alkyl halides is 3. The highest BCUT2D eigenvalue weighted by atomic mass is 35.5. The molecule has 0 radical (unpaired) electrons. The van der Waals surface area contributed by atoms with Crippen molar-refractivity contribution in [3.8, 4) is 17.0 Å². The Labute approximate surface area is 127 Å². The topological polar surface area (TPSA) is 42.4 Å². The molecule has 1 aromatic heterocycles. The number of hydrogen-bond donors (Lipinski definition) is 1. The zero-order chi connectivity index (χ0) is 15.6. The van der Waals surface area contributed by atoms with Gasteiger partial charge in [0.05, 0.1) is 22.3 Å². The van der Waals surface area contributed by atoms with Gasteiger partial charge in [-0.1, -0.05) is 23.2 Å². The first kappa shape index (κ1) is 15.9. The lowest BCUT2D eigenvalue weighted by Crippen LogP contribution is -2.16. The molecule has 1 aromatic carbocycles. The molecule has 0 bridgehead atoms. The van der Waals surface area contributed by atoms with E-state index >= 15 is 0 Å². The molecule has 0 fully saturated rings. The third-order valence-electron chi connectivity index (χ3n) is 2.59. The van der Waals surface area contributed by atoms with Crippen molar-refractivity contribution in [1.29, 1.82) is 0 Å². The van der Waals surface area contributed by atoms with E-state index in [1.165, 1.54) is 18.3 Å². The standard InChI is InChI=1S/C13H8Cl2F3NO2/c14-10-5-19-12(11(15)9(10)6-20)7-1-3-8(4-2-7)21-13(16,17)18/h1-5,20H,6H2. The Morgan fingerprint density at radius 2 is 1.76 bits per heavy atom. The molecule has 0 amide bonds. The number of rotatable bonds is 3. The Morgan fingerprint density at radius 1 is 1.14 bits per heavy atom. The molecule has 0 aliphatic carbocycles. The first-order valence-electron chi connectivity index (χ1n) is 5.61. The van der Waals surface area contributed by atoms with Crippen molar-refractivity contribution in [3.05, 3.63) is 46.1 Å². The van der Waals surface area contributed by atoms with Gasteiger partial charge in [-0.25, -0.2) is 0 Å². The van der Waals surface area contributed by atoms with Crippen molar-refractivity contribution >= 4 is 23.2 Å². The molecule has 0 unspecified atom stereocenters. The van der Waals surface area contributed by atoms with Gasteiger partial charge in [-0.3, -0.25) is 4.98 Å². The molecule has 2 aromatic rings. The first-order chi connectivity index (χ1) is 9.81. The van der Waals surface area contributed by atoms with Gasteiger partial charge in [0.25, 0.3) is 0 Å². The third kappa shape index (κ3) is 3.78. The third-order valence-corrected chi connectivity index (χ3v) is 3.32. The maximum absolute atomic E-state index is 12.1. The molecule has 0 atom stereocenters. The predicted octanol–water partition coefficient (Wildman–Crippen LogP) is 4.45. The molecular weight excluding hydrogens is 330 g/mol. The van der Waals surface area contributed by atoms with Crippen LogP contribution in [0.4, 0.5) is 13.2 Å². The summed E-state index contributed by atoms with van der Waals surface area (Å²) >= 11 is 11.9. The Kier molecular flexibility index (Phi) is 4.61. The summed E-state index contributed by atoms with van der Waals surface area (Å²) in [5.41, 5.74) is 1.09. The van der Waals surface area contributed by atoms with Crippen molar-refractivity contribution in [2.45, 2.75) is 13.0 Å². The molecule has 0 spiro atoms. The Bertz CT molecular complexity index is 645. The van der Waals surface area contributed by atoms with Gasteiger partial charge in [-0.2, -0.15) is 0 Å². The molecule has 8 heteroatoms. The number of benzene rings is 1. The van der Waals surface area contributed by atoms with Crippen LogP contribution in [0.2, 0.25) is 10.0 Å². The van der Waals surface area contributed by atoms with Crippen LogP contribution in [0.3, 0.4) is 0 Å². The van der Waals surface area contributed by atoms with Crippen LogP contribution in [-0.2, 0) is 6.61 Å². The SMILES string of the molecule is OCc1c(Cl)cnc(-c2ccc(OC(F)(F)F)cc2)c1Cl. The fourth-order valence-corrected chi connectivity index (χ4v) is 2.24. The first-order valence-corrected chi connectivity index (χ1v) is 6.37. The normalized spacial score (nSPS) is 11.5. The van der Waals surface area contributed by atoms with Crippen molar-refractivity contribution in [1.82, 2.24) is 4.98 Å². The molecule has 1 heterocycles. The monoisotopic (exact) mass is 337 g/mol. The smallest absolute Gasteiger partial charge is 0.406 e. The van der Waals surface area contributed by atoms with E-state index in [2.05, 4.69) is 9.72 Å². The molecule has 0 aliphatic heterocycles. The van der Waals surface area contributed by atoms with Gasteiger partial charge < -0.3 is 9.84 Å². The number of nitrogens with zero attached hydrogens (tertiary/aromatic N) is 1. The molecule has 2 rings (SSSR count). The van der Waals surface area contributed by atoms with E-state index < -0.39 is 6.36 Å². The Hall–Kier alpha value is -1.50.